The molecule has 0 amide bonds. The van der Waals surface area contributed by atoms with Crippen LogP contribution in [0.3, 0.4) is 0 Å². The van der Waals surface area contributed by atoms with Crippen molar-refractivity contribution in [1.29, 1.82) is 0 Å². The fourth-order valence-corrected chi connectivity index (χ4v) is 2.34. The van der Waals surface area contributed by atoms with E-state index in [0.29, 0.717) is 6.04 Å². The first-order valence-corrected chi connectivity index (χ1v) is 6.24. The van der Waals surface area contributed by atoms with Crippen LogP contribution >= 0.6 is 0 Å². The number of hydrogen-bond donors (Lipinski definition) is 2. The number of nitrogens with one attached hydrogen (secondary N) is 1. The average Bonchev–Trinajstić information content (AvgIpc) is 2.21. The predicted molar refractivity (Wildman–Crippen MR) is 67.9 cm³/mol. The molecule has 0 spiro atoms. The van der Waals surface area contributed by atoms with Crippen LogP contribution in [-0.4, -0.2) is 0 Å². The van der Waals surface area contributed by atoms with Crippen molar-refractivity contribution in [3.8, 4) is 0 Å². The van der Waals surface area contributed by atoms with E-state index in [9.17, 15) is 0 Å². The molecule has 1 unspecified atom stereocenters. The molecule has 1 saturated carbocycles. The van der Waals surface area contributed by atoms with Gasteiger partial charge in [-0.1, -0.05) is 37.5 Å². The Kier molecular flexibility index (Phi) is 3.62. The van der Waals surface area contributed by atoms with Crippen molar-refractivity contribution in [2.75, 3.05) is 0 Å². The Morgan fingerprint density at radius 2 is 2.06 bits per heavy atom. The van der Waals surface area contributed by atoms with Crippen molar-refractivity contribution in [3.63, 3.8) is 0 Å². The molecule has 16 heavy (non-hydrogen) atoms. The third-order valence-corrected chi connectivity index (χ3v) is 3.93. The SMILES string of the molecule is Cc1ccc(C(CC2CCC2)NN)cc1C. The third kappa shape index (κ3) is 2.45. The van der Waals surface area contributed by atoms with E-state index in [1.165, 1.54) is 42.4 Å². The molecule has 0 bridgehead atoms. The Morgan fingerprint density at radius 3 is 2.56 bits per heavy atom. The smallest absolute Gasteiger partial charge is 0.0462 e. The first kappa shape index (κ1) is 11.6. The molecular weight excluding hydrogens is 196 g/mol. The summed E-state index contributed by atoms with van der Waals surface area (Å²) in [4.78, 5) is 0. The molecule has 1 atom stereocenters. The topological polar surface area (TPSA) is 38.0 Å². The highest BCUT2D eigenvalue weighted by Gasteiger charge is 2.22. The summed E-state index contributed by atoms with van der Waals surface area (Å²) < 4.78 is 0. The molecule has 1 aromatic rings. The standard InChI is InChI=1S/C14H22N2/c1-10-6-7-13(8-11(10)2)14(16-15)9-12-4-3-5-12/h6-8,12,14,16H,3-5,9,15H2,1-2H3. The van der Waals surface area contributed by atoms with Gasteiger partial charge in [-0.05, 0) is 42.9 Å². The molecule has 2 nitrogen and oxygen atoms in total. The van der Waals surface area contributed by atoms with Gasteiger partial charge in [-0.2, -0.15) is 0 Å². The lowest BCUT2D eigenvalue weighted by molar-refractivity contribution is 0.262. The highest BCUT2D eigenvalue weighted by atomic mass is 15.2. The summed E-state index contributed by atoms with van der Waals surface area (Å²) in [6.45, 7) is 4.31. The van der Waals surface area contributed by atoms with Crippen LogP contribution in [0.1, 0.15) is 48.4 Å². The van der Waals surface area contributed by atoms with Crippen LogP contribution in [0.5, 0.6) is 0 Å². The van der Waals surface area contributed by atoms with E-state index in [-0.39, 0.29) is 0 Å². The molecule has 1 aromatic carbocycles. The van der Waals surface area contributed by atoms with Crippen molar-refractivity contribution in [1.82, 2.24) is 5.43 Å². The highest BCUT2D eigenvalue weighted by molar-refractivity contribution is 5.31. The maximum absolute atomic E-state index is 5.67. The van der Waals surface area contributed by atoms with Gasteiger partial charge < -0.3 is 0 Å². The lowest BCUT2D eigenvalue weighted by Gasteiger charge is -2.29. The number of benzene rings is 1. The molecule has 1 aliphatic carbocycles. The van der Waals surface area contributed by atoms with Crippen LogP contribution in [0.4, 0.5) is 0 Å². The van der Waals surface area contributed by atoms with Crippen molar-refractivity contribution in [2.24, 2.45) is 11.8 Å². The second kappa shape index (κ2) is 4.98. The molecule has 3 N–H and O–H groups in total. The van der Waals surface area contributed by atoms with E-state index >= 15 is 0 Å². The normalized spacial score (nSPS) is 18.2. The van der Waals surface area contributed by atoms with Gasteiger partial charge in [0.05, 0.1) is 0 Å². The molecule has 0 radical (unpaired) electrons. The molecule has 2 rings (SSSR count). The molecule has 2 heteroatoms. The van der Waals surface area contributed by atoms with Gasteiger partial charge in [0.15, 0.2) is 0 Å². The van der Waals surface area contributed by atoms with Crippen molar-refractivity contribution >= 4 is 0 Å². The van der Waals surface area contributed by atoms with Crippen LogP contribution < -0.4 is 11.3 Å². The minimum atomic E-state index is 0.324. The third-order valence-electron chi connectivity index (χ3n) is 3.93. The molecular formula is C14H22N2. The quantitative estimate of drug-likeness (QED) is 0.602. The second-order valence-electron chi connectivity index (χ2n) is 5.10. The van der Waals surface area contributed by atoms with E-state index < -0.39 is 0 Å². The second-order valence-corrected chi connectivity index (χ2v) is 5.10. The molecule has 0 aromatic heterocycles. The molecule has 0 saturated heterocycles. The van der Waals surface area contributed by atoms with Crippen LogP contribution in [0.2, 0.25) is 0 Å². The van der Waals surface area contributed by atoms with Gasteiger partial charge in [-0.25, -0.2) is 0 Å². The Balaban J connectivity index is 2.09. The summed E-state index contributed by atoms with van der Waals surface area (Å²) in [6, 6.07) is 6.98. The zero-order chi connectivity index (χ0) is 11.5. The van der Waals surface area contributed by atoms with Crippen LogP contribution in [0.15, 0.2) is 18.2 Å². The molecule has 0 aliphatic heterocycles. The largest absolute Gasteiger partial charge is 0.271 e. The summed E-state index contributed by atoms with van der Waals surface area (Å²) in [6.07, 6.45) is 5.33. The van der Waals surface area contributed by atoms with Crippen LogP contribution in [0, 0.1) is 19.8 Å². The first-order chi connectivity index (χ1) is 7.70. The fourth-order valence-electron chi connectivity index (χ4n) is 2.34. The predicted octanol–water partition coefficient (Wildman–Crippen LogP) is 3.00. The fraction of sp³-hybridized carbons (Fsp3) is 0.571. The van der Waals surface area contributed by atoms with Gasteiger partial charge in [0, 0.05) is 6.04 Å². The average molecular weight is 218 g/mol. The number of nitrogens with two attached hydrogens (primary N) is 1. The van der Waals surface area contributed by atoms with Gasteiger partial charge in [-0.15, -0.1) is 0 Å². The molecule has 0 heterocycles. The number of rotatable bonds is 4. The number of hydrazine groups is 1. The van der Waals surface area contributed by atoms with Gasteiger partial charge in [0.25, 0.3) is 0 Å². The lowest BCUT2D eigenvalue weighted by Crippen LogP contribution is -2.31. The summed E-state index contributed by atoms with van der Waals surface area (Å²) in [5.74, 6) is 6.55. The van der Waals surface area contributed by atoms with Crippen LogP contribution in [-0.2, 0) is 0 Å². The maximum Gasteiger partial charge on any atom is 0.0462 e. The zero-order valence-corrected chi connectivity index (χ0v) is 10.3. The Morgan fingerprint density at radius 1 is 1.31 bits per heavy atom. The van der Waals surface area contributed by atoms with E-state index in [0.717, 1.165) is 5.92 Å². The van der Waals surface area contributed by atoms with E-state index in [4.69, 9.17) is 5.84 Å². The first-order valence-electron chi connectivity index (χ1n) is 6.24. The molecule has 1 fully saturated rings. The monoisotopic (exact) mass is 218 g/mol. The van der Waals surface area contributed by atoms with Gasteiger partial charge >= 0.3 is 0 Å². The van der Waals surface area contributed by atoms with Gasteiger partial charge in [-0.3, -0.25) is 11.3 Å². The Labute approximate surface area is 98.2 Å². The summed E-state index contributed by atoms with van der Waals surface area (Å²) in [7, 11) is 0. The van der Waals surface area contributed by atoms with E-state index in [1.807, 2.05) is 0 Å². The van der Waals surface area contributed by atoms with Gasteiger partial charge in [0.1, 0.15) is 0 Å². The summed E-state index contributed by atoms with van der Waals surface area (Å²) in [5, 5.41) is 0. The summed E-state index contributed by atoms with van der Waals surface area (Å²) >= 11 is 0. The van der Waals surface area contributed by atoms with E-state index in [1.54, 1.807) is 0 Å². The number of aryl methyl sites for hydroxylation is 2. The highest BCUT2D eigenvalue weighted by Crippen LogP contribution is 2.34. The van der Waals surface area contributed by atoms with Gasteiger partial charge in [0.2, 0.25) is 0 Å². The van der Waals surface area contributed by atoms with Crippen LogP contribution in [0.25, 0.3) is 0 Å². The Bertz CT molecular complexity index is 356. The van der Waals surface area contributed by atoms with Crippen molar-refractivity contribution < 1.29 is 0 Å². The minimum absolute atomic E-state index is 0.324. The van der Waals surface area contributed by atoms with Crippen molar-refractivity contribution in [2.45, 2.75) is 45.6 Å². The molecule has 88 valence electrons. The summed E-state index contributed by atoms with van der Waals surface area (Å²) in [5.41, 5.74) is 7.00. The minimum Gasteiger partial charge on any atom is -0.271 e. The van der Waals surface area contributed by atoms with Crippen molar-refractivity contribution in [3.05, 3.63) is 34.9 Å². The lowest BCUT2D eigenvalue weighted by atomic mass is 9.79. The number of hydrogen-bond acceptors (Lipinski definition) is 2. The zero-order valence-electron chi connectivity index (χ0n) is 10.3. The molecule has 1 aliphatic rings. The maximum atomic E-state index is 5.67. The van der Waals surface area contributed by atoms with E-state index in [2.05, 4.69) is 37.5 Å². The Hall–Kier alpha value is -0.860.